The summed E-state index contributed by atoms with van der Waals surface area (Å²) in [7, 11) is 0. The van der Waals surface area contributed by atoms with E-state index in [-0.39, 0.29) is 0 Å². The molecule has 0 radical (unpaired) electrons. The van der Waals surface area contributed by atoms with Gasteiger partial charge in [-0.15, -0.1) is 6.58 Å². The lowest BCUT2D eigenvalue weighted by Crippen LogP contribution is -1.93. The van der Waals surface area contributed by atoms with E-state index in [9.17, 15) is 0 Å². The summed E-state index contributed by atoms with van der Waals surface area (Å²) < 4.78 is 0. The number of hydrogen-bond acceptors (Lipinski definition) is 1. The molecule has 58 valence electrons. The van der Waals surface area contributed by atoms with Crippen molar-refractivity contribution in [2.45, 2.75) is 26.2 Å². The fraction of sp³-hybridized carbons (Fsp3) is 0.556. The summed E-state index contributed by atoms with van der Waals surface area (Å²) in [4.78, 5) is 0. The van der Waals surface area contributed by atoms with Crippen molar-refractivity contribution in [2.75, 3.05) is 0 Å². The van der Waals surface area contributed by atoms with Gasteiger partial charge in [0.1, 0.15) is 0 Å². The first kappa shape index (κ1) is 9.28. The molecule has 0 saturated carbocycles. The highest BCUT2D eigenvalue weighted by atomic mass is 14.5. The van der Waals surface area contributed by atoms with Crippen molar-refractivity contribution in [3.8, 4) is 0 Å². The highest BCUT2D eigenvalue weighted by molar-refractivity contribution is 4.87. The average Bonchev–Trinajstić information content (AvgIpc) is 1.98. The van der Waals surface area contributed by atoms with Gasteiger partial charge in [0, 0.05) is 0 Å². The second-order valence-corrected chi connectivity index (χ2v) is 2.45. The minimum Gasteiger partial charge on any atom is -0.405 e. The maximum absolute atomic E-state index is 5.21. The third kappa shape index (κ3) is 4.19. The molecule has 1 heteroatoms. The smallest absolute Gasteiger partial charge is 0.0103 e. The zero-order chi connectivity index (χ0) is 7.82. The normalized spacial score (nSPS) is 13.7. The summed E-state index contributed by atoms with van der Waals surface area (Å²) in [6, 6.07) is 0. The van der Waals surface area contributed by atoms with Gasteiger partial charge in [0.05, 0.1) is 0 Å². The highest BCUT2D eigenvalue weighted by Crippen LogP contribution is 2.11. The van der Waals surface area contributed by atoms with Gasteiger partial charge in [0.15, 0.2) is 0 Å². The van der Waals surface area contributed by atoms with Gasteiger partial charge in [0.2, 0.25) is 0 Å². The van der Waals surface area contributed by atoms with Crippen LogP contribution in [-0.4, -0.2) is 0 Å². The molecule has 0 aliphatic heterocycles. The molecule has 0 saturated heterocycles. The quantitative estimate of drug-likeness (QED) is 0.582. The van der Waals surface area contributed by atoms with Gasteiger partial charge in [-0.2, -0.15) is 0 Å². The molecular weight excluding hydrogens is 122 g/mol. The Balaban J connectivity index is 3.49. The minimum absolute atomic E-state index is 0.616. The summed E-state index contributed by atoms with van der Waals surface area (Å²) >= 11 is 0. The summed E-state index contributed by atoms with van der Waals surface area (Å²) in [6.07, 6.45) is 9.06. The van der Waals surface area contributed by atoms with Crippen LogP contribution in [-0.2, 0) is 0 Å². The summed E-state index contributed by atoms with van der Waals surface area (Å²) in [6.45, 7) is 5.94. The number of allylic oxidation sites excluding steroid dienone is 2. The largest absolute Gasteiger partial charge is 0.405 e. The highest BCUT2D eigenvalue weighted by Gasteiger charge is 1.97. The summed E-state index contributed by atoms with van der Waals surface area (Å²) in [5.41, 5.74) is 5.21. The van der Waals surface area contributed by atoms with Crippen LogP contribution in [0.4, 0.5) is 0 Å². The monoisotopic (exact) mass is 139 g/mol. The maximum atomic E-state index is 5.21. The Morgan fingerprint density at radius 1 is 1.60 bits per heavy atom. The molecule has 0 fully saturated rings. The molecule has 1 atom stereocenters. The van der Waals surface area contributed by atoms with E-state index in [0.29, 0.717) is 5.92 Å². The lowest BCUT2D eigenvalue weighted by atomic mass is 10.0. The van der Waals surface area contributed by atoms with Crippen LogP contribution in [0.25, 0.3) is 0 Å². The molecule has 0 rings (SSSR count). The number of rotatable bonds is 5. The molecule has 10 heavy (non-hydrogen) atoms. The van der Waals surface area contributed by atoms with Crippen molar-refractivity contribution in [3.63, 3.8) is 0 Å². The first-order valence-electron chi connectivity index (χ1n) is 3.84. The van der Waals surface area contributed by atoms with Gasteiger partial charge >= 0.3 is 0 Å². The molecule has 0 spiro atoms. The van der Waals surface area contributed by atoms with Crippen molar-refractivity contribution >= 4 is 0 Å². The van der Waals surface area contributed by atoms with Gasteiger partial charge in [-0.1, -0.05) is 25.5 Å². The predicted octanol–water partition coefficient (Wildman–Crippen LogP) is 2.45. The molecule has 0 aromatic heterocycles. The Labute approximate surface area is 63.6 Å². The van der Waals surface area contributed by atoms with E-state index in [1.807, 2.05) is 12.2 Å². The Bertz CT molecular complexity index is 105. The topological polar surface area (TPSA) is 26.0 Å². The molecule has 0 amide bonds. The molecule has 0 bridgehead atoms. The zero-order valence-corrected chi connectivity index (χ0v) is 6.72. The predicted molar refractivity (Wildman–Crippen MR) is 46.5 cm³/mol. The van der Waals surface area contributed by atoms with Crippen molar-refractivity contribution in [3.05, 3.63) is 24.9 Å². The van der Waals surface area contributed by atoms with E-state index < -0.39 is 0 Å². The molecule has 1 nitrogen and oxygen atoms in total. The Kier molecular flexibility index (Phi) is 5.94. The Hall–Kier alpha value is -0.720. The Morgan fingerprint density at radius 3 is 2.70 bits per heavy atom. The van der Waals surface area contributed by atoms with E-state index in [2.05, 4.69) is 13.5 Å². The lowest BCUT2D eigenvalue weighted by Gasteiger charge is -2.05. The lowest BCUT2D eigenvalue weighted by molar-refractivity contribution is 0.589. The van der Waals surface area contributed by atoms with E-state index in [1.165, 1.54) is 12.8 Å². The van der Waals surface area contributed by atoms with Gasteiger partial charge in [-0.05, 0) is 25.0 Å². The molecule has 0 heterocycles. The standard InChI is InChI=1S/C9H17N/c1-3-6-9(4-2)7-5-8-10/h4-5,8-9H,2-3,6-7,10H2,1H3/b8-5+. The van der Waals surface area contributed by atoms with Crippen molar-refractivity contribution in [1.29, 1.82) is 0 Å². The third-order valence-electron chi connectivity index (χ3n) is 1.57. The third-order valence-corrected chi connectivity index (χ3v) is 1.57. The van der Waals surface area contributed by atoms with Crippen LogP contribution in [0.5, 0.6) is 0 Å². The van der Waals surface area contributed by atoms with E-state index in [4.69, 9.17) is 5.73 Å². The average molecular weight is 139 g/mol. The summed E-state index contributed by atoms with van der Waals surface area (Å²) in [5.74, 6) is 0.616. The Morgan fingerprint density at radius 2 is 2.30 bits per heavy atom. The van der Waals surface area contributed by atoms with Gasteiger partial charge in [-0.3, -0.25) is 0 Å². The molecule has 0 aliphatic rings. The van der Waals surface area contributed by atoms with Crippen LogP contribution in [0, 0.1) is 5.92 Å². The first-order valence-corrected chi connectivity index (χ1v) is 3.84. The fourth-order valence-electron chi connectivity index (χ4n) is 0.956. The second-order valence-electron chi connectivity index (χ2n) is 2.45. The molecule has 0 aliphatic carbocycles. The van der Waals surface area contributed by atoms with Crippen molar-refractivity contribution in [1.82, 2.24) is 0 Å². The van der Waals surface area contributed by atoms with Crippen molar-refractivity contribution < 1.29 is 0 Å². The molecule has 2 N–H and O–H groups in total. The van der Waals surface area contributed by atoms with Crippen molar-refractivity contribution in [2.24, 2.45) is 11.7 Å². The van der Waals surface area contributed by atoms with Gasteiger partial charge in [-0.25, -0.2) is 0 Å². The van der Waals surface area contributed by atoms with Crippen LogP contribution in [0.3, 0.4) is 0 Å². The van der Waals surface area contributed by atoms with E-state index in [1.54, 1.807) is 6.20 Å². The van der Waals surface area contributed by atoms with Crippen LogP contribution in [0.1, 0.15) is 26.2 Å². The first-order chi connectivity index (χ1) is 4.85. The molecule has 0 aromatic carbocycles. The van der Waals surface area contributed by atoms with Crippen LogP contribution in [0.15, 0.2) is 24.9 Å². The van der Waals surface area contributed by atoms with Crippen LogP contribution >= 0.6 is 0 Å². The number of nitrogens with two attached hydrogens (primary N) is 1. The summed E-state index contributed by atoms with van der Waals surface area (Å²) in [5, 5.41) is 0. The number of hydrogen-bond donors (Lipinski definition) is 1. The molecule has 0 aromatic rings. The van der Waals surface area contributed by atoms with E-state index in [0.717, 1.165) is 6.42 Å². The van der Waals surface area contributed by atoms with Gasteiger partial charge in [0.25, 0.3) is 0 Å². The van der Waals surface area contributed by atoms with Gasteiger partial charge < -0.3 is 5.73 Å². The fourth-order valence-corrected chi connectivity index (χ4v) is 0.956. The van der Waals surface area contributed by atoms with E-state index >= 15 is 0 Å². The molecule has 1 unspecified atom stereocenters. The zero-order valence-electron chi connectivity index (χ0n) is 6.72. The minimum atomic E-state index is 0.616. The maximum Gasteiger partial charge on any atom is -0.0103 e. The van der Waals surface area contributed by atoms with Crippen LogP contribution in [0.2, 0.25) is 0 Å². The van der Waals surface area contributed by atoms with Crippen LogP contribution < -0.4 is 5.73 Å². The molecular formula is C9H17N. The second kappa shape index (κ2) is 6.40. The SMILES string of the molecule is C=CC(C/C=C/N)CCC.